The van der Waals surface area contributed by atoms with Crippen LogP contribution in [-0.2, 0) is 14.2 Å². The zero-order valence-electron chi connectivity index (χ0n) is 14.1. The fourth-order valence-electron chi connectivity index (χ4n) is 3.85. The molecule has 4 atom stereocenters. The minimum absolute atomic E-state index is 0.150. The van der Waals surface area contributed by atoms with Gasteiger partial charge in [-0.15, -0.1) is 0 Å². The standard InChI is InChI=1S/C16H21N5O4/c1-16(2)24-11-8(5-22)23-15(12(11)25-16)21-14-9(13(17)18-6-19-14)10(20-21)7-3-4-7/h6-8,11-12,15,22H,3-5H2,1-2H3,(H2,17,18,19)/t8-,11-,12-,15-/m1/s1. The molecule has 9 nitrogen and oxygen atoms in total. The van der Waals surface area contributed by atoms with E-state index in [1.54, 1.807) is 4.68 Å². The molecule has 1 aliphatic carbocycles. The molecule has 0 amide bonds. The van der Waals surface area contributed by atoms with Crippen molar-refractivity contribution in [3.8, 4) is 0 Å². The SMILES string of the molecule is CC1(C)O[C@@H]2[C@H](O1)[C@@H](CO)O[C@H]2n1nc(C2CC2)c2c(N)ncnc21. The minimum atomic E-state index is -0.735. The smallest absolute Gasteiger partial charge is 0.181 e. The number of nitrogens with two attached hydrogens (primary N) is 1. The maximum Gasteiger partial charge on any atom is 0.181 e. The Hall–Kier alpha value is -1.81. The zero-order valence-corrected chi connectivity index (χ0v) is 14.1. The summed E-state index contributed by atoms with van der Waals surface area (Å²) in [6.07, 6.45) is 1.87. The molecule has 0 bridgehead atoms. The first-order valence-electron chi connectivity index (χ1n) is 8.59. The predicted molar refractivity (Wildman–Crippen MR) is 86.5 cm³/mol. The maximum atomic E-state index is 9.67. The van der Waals surface area contributed by atoms with E-state index >= 15 is 0 Å². The molecule has 4 heterocycles. The van der Waals surface area contributed by atoms with Gasteiger partial charge in [0.1, 0.15) is 30.5 Å². The Morgan fingerprint density at radius 1 is 1.28 bits per heavy atom. The second-order valence-electron chi connectivity index (χ2n) is 7.37. The Bertz CT molecular complexity index is 833. The van der Waals surface area contributed by atoms with Crippen LogP contribution in [0.2, 0.25) is 0 Å². The van der Waals surface area contributed by atoms with Gasteiger partial charge in [0.25, 0.3) is 0 Å². The number of nitrogens with zero attached hydrogens (tertiary/aromatic N) is 4. The summed E-state index contributed by atoms with van der Waals surface area (Å²) in [5.41, 5.74) is 7.64. The number of aromatic nitrogens is 4. The highest BCUT2D eigenvalue weighted by Gasteiger charge is 2.56. The van der Waals surface area contributed by atoms with Gasteiger partial charge in [0.05, 0.1) is 17.7 Å². The van der Waals surface area contributed by atoms with E-state index in [2.05, 4.69) is 9.97 Å². The lowest BCUT2D eigenvalue weighted by atomic mass is 10.1. The van der Waals surface area contributed by atoms with Crippen LogP contribution in [0.3, 0.4) is 0 Å². The number of aliphatic hydroxyl groups is 1. The molecule has 3 fully saturated rings. The summed E-state index contributed by atoms with van der Waals surface area (Å²) in [6.45, 7) is 3.56. The fraction of sp³-hybridized carbons (Fsp3) is 0.688. The van der Waals surface area contributed by atoms with Gasteiger partial charge >= 0.3 is 0 Å². The topological polar surface area (TPSA) is 118 Å². The molecule has 3 aliphatic rings. The van der Waals surface area contributed by atoms with Crippen molar-refractivity contribution < 1.29 is 19.3 Å². The largest absolute Gasteiger partial charge is 0.394 e. The molecular formula is C16H21N5O4. The third-order valence-electron chi connectivity index (χ3n) is 5.06. The molecule has 0 unspecified atom stereocenters. The maximum absolute atomic E-state index is 9.67. The Balaban J connectivity index is 1.63. The number of fused-ring (bicyclic) bond motifs is 2. The van der Waals surface area contributed by atoms with Crippen LogP contribution in [0.4, 0.5) is 5.82 Å². The van der Waals surface area contributed by atoms with Gasteiger partial charge in [0.15, 0.2) is 17.7 Å². The van der Waals surface area contributed by atoms with Crippen molar-refractivity contribution in [2.24, 2.45) is 0 Å². The van der Waals surface area contributed by atoms with Crippen LogP contribution in [0.5, 0.6) is 0 Å². The molecule has 2 aromatic rings. The third-order valence-corrected chi connectivity index (χ3v) is 5.06. The van der Waals surface area contributed by atoms with Gasteiger partial charge < -0.3 is 25.1 Å². The minimum Gasteiger partial charge on any atom is -0.394 e. The van der Waals surface area contributed by atoms with E-state index in [1.807, 2.05) is 13.8 Å². The molecule has 5 rings (SSSR count). The molecular weight excluding hydrogens is 326 g/mol. The van der Waals surface area contributed by atoms with Gasteiger partial charge in [-0.1, -0.05) is 0 Å². The molecule has 0 spiro atoms. The lowest BCUT2D eigenvalue weighted by molar-refractivity contribution is -0.201. The summed E-state index contributed by atoms with van der Waals surface area (Å²) in [7, 11) is 0. The molecule has 2 aliphatic heterocycles. The Kier molecular flexibility index (Phi) is 3.15. The lowest BCUT2D eigenvalue weighted by Crippen LogP contribution is -2.31. The van der Waals surface area contributed by atoms with E-state index in [4.69, 9.17) is 25.0 Å². The Labute approximate surface area is 144 Å². The number of nitrogen functional groups attached to an aromatic ring is 1. The van der Waals surface area contributed by atoms with Crippen LogP contribution < -0.4 is 5.73 Å². The predicted octanol–water partition coefficient (Wildman–Crippen LogP) is 0.696. The highest BCUT2D eigenvalue weighted by molar-refractivity contribution is 5.89. The second-order valence-corrected chi connectivity index (χ2v) is 7.37. The quantitative estimate of drug-likeness (QED) is 0.833. The number of hydrogen-bond donors (Lipinski definition) is 2. The normalized spacial score (nSPS) is 33.9. The van der Waals surface area contributed by atoms with Gasteiger partial charge in [-0.3, -0.25) is 0 Å². The summed E-state index contributed by atoms with van der Waals surface area (Å²) in [4.78, 5) is 8.50. The van der Waals surface area contributed by atoms with E-state index in [-0.39, 0.29) is 18.8 Å². The van der Waals surface area contributed by atoms with Gasteiger partial charge in [-0.25, -0.2) is 14.6 Å². The first kappa shape index (κ1) is 15.4. The Morgan fingerprint density at radius 2 is 2.04 bits per heavy atom. The van der Waals surface area contributed by atoms with Gasteiger partial charge in [0, 0.05) is 5.92 Å². The van der Waals surface area contributed by atoms with Crippen LogP contribution in [0.25, 0.3) is 11.0 Å². The summed E-state index contributed by atoms with van der Waals surface area (Å²) in [5.74, 6) is 0.0801. The molecule has 25 heavy (non-hydrogen) atoms. The molecule has 0 radical (unpaired) electrons. The van der Waals surface area contributed by atoms with Crippen LogP contribution >= 0.6 is 0 Å². The van der Waals surface area contributed by atoms with Crippen LogP contribution in [0.1, 0.15) is 44.5 Å². The van der Waals surface area contributed by atoms with E-state index in [1.165, 1.54) is 6.33 Å². The van der Waals surface area contributed by atoms with E-state index in [0.29, 0.717) is 17.4 Å². The van der Waals surface area contributed by atoms with Crippen molar-refractivity contribution in [2.75, 3.05) is 12.3 Å². The summed E-state index contributed by atoms with van der Waals surface area (Å²) >= 11 is 0. The van der Waals surface area contributed by atoms with Gasteiger partial charge in [0.2, 0.25) is 0 Å². The first-order valence-corrected chi connectivity index (χ1v) is 8.59. The van der Waals surface area contributed by atoms with Crippen molar-refractivity contribution in [3.05, 3.63) is 12.0 Å². The molecule has 9 heteroatoms. The first-order chi connectivity index (χ1) is 12.0. The molecule has 134 valence electrons. The number of ether oxygens (including phenoxy) is 3. The van der Waals surface area contributed by atoms with E-state index < -0.39 is 18.1 Å². The summed E-state index contributed by atoms with van der Waals surface area (Å²) in [6, 6.07) is 0. The van der Waals surface area contributed by atoms with Crippen molar-refractivity contribution >= 4 is 16.9 Å². The average molecular weight is 347 g/mol. The van der Waals surface area contributed by atoms with Crippen LogP contribution in [0.15, 0.2) is 6.33 Å². The van der Waals surface area contributed by atoms with Crippen molar-refractivity contribution in [1.82, 2.24) is 19.7 Å². The Morgan fingerprint density at radius 3 is 2.76 bits per heavy atom. The van der Waals surface area contributed by atoms with E-state index in [9.17, 15) is 5.11 Å². The molecule has 3 N–H and O–H groups in total. The molecule has 0 aromatic carbocycles. The van der Waals surface area contributed by atoms with Gasteiger partial charge in [-0.2, -0.15) is 5.10 Å². The monoisotopic (exact) mass is 347 g/mol. The highest BCUT2D eigenvalue weighted by Crippen LogP contribution is 2.47. The van der Waals surface area contributed by atoms with Crippen LogP contribution in [-0.4, -0.2) is 55.6 Å². The lowest BCUT2D eigenvalue weighted by Gasteiger charge is -2.23. The molecule has 1 saturated carbocycles. The average Bonchev–Trinajstić information content (AvgIpc) is 3.16. The third kappa shape index (κ3) is 2.27. The van der Waals surface area contributed by atoms with Crippen molar-refractivity contribution in [3.63, 3.8) is 0 Å². The second kappa shape index (κ2) is 5.10. The highest BCUT2D eigenvalue weighted by atomic mass is 16.8. The molecule has 2 saturated heterocycles. The zero-order chi connectivity index (χ0) is 17.3. The number of anilines is 1. The van der Waals surface area contributed by atoms with Crippen LogP contribution in [0, 0.1) is 0 Å². The number of aliphatic hydroxyl groups excluding tert-OH is 1. The number of hydrogen-bond acceptors (Lipinski definition) is 8. The van der Waals surface area contributed by atoms with Gasteiger partial charge in [-0.05, 0) is 26.7 Å². The number of rotatable bonds is 3. The summed E-state index contributed by atoms with van der Waals surface area (Å²) < 4.78 is 19.7. The van der Waals surface area contributed by atoms with Crippen molar-refractivity contribution in [2.45, 2.75) is 62.9 Å². The van der Waals surface area contributed by atoms with Crippen molar-refractivity contribution in [1.29, 1.82) is 0 Å². The van der Waals surface area contributed by atoms with E-state index in [0.717, 1.165) is 23.9 Å². The fourth-order valence-corrected chi connectivity index (χ4v) is 3.85. The summed E-state index contributed by atoms with van der Waals surface area (Å²) in [5, 5.41) is 15.2. The molecule has 2 aromatic heterocycles.